The molecule has 0 unspecified atom stereocenters. The molecule has 0 spiro atoms. The van der Waals surface area contributed by atoms with E-state index >= 15 is 0 Å². The van der Waals surface area contributed by atoms with Gasteiger partial charge in [-0.15, -0.1) is 5.10 Å². The lowest BCUT2D eigenvalue weighted by Crippen LogP contribution is -1.86. The van der Waals surface area contributed by atoms with Crippen LogP contribution in [0.15, 0.2) is 30.3 Å². The van der Waals surface area contributed by atoms with Crippen molar-refractivity contribution in [3.8, 4) is 11.3 Å². The minimum Gasteiger partial charge on any atom is -0.138 e. The molecule has 0 radical (unpaired) electrons. The van der Waals surface area contributed by atoms with Gasteiger partial charge in [0.05, 0.1) is 4.88 Å². The minimum absolute atomic E-state index is 0.955. The van der Waals surface area contributed by atoms with Gasteiger partial charge in [-0.3, -0.25) is 0 Å². The van der Waals surface area contributed by atoms with Gasteiger partial charge in [-0.05, 0) is 18.0 Å². The maximum atomic E-state index is 4.15. The number of alkyl halides is 1. The second-order valence-electron chi connectivity index (χ2n) is 2.85. The molecular weight excluding hydrogens is 260 g/mol. The van der Waals surface area contributed by atoms with Crippen LogP contribution in [0, 0.1) is 0 Å². The number of rotatable bonds is 3. The summed E-state index contributed by atoms with van der Waals surface area (Å²) in [5.74, 6) is 0. The van der Waals surface area contributed by atoms with Crippen molar-refractivity contribution in [1.29, 1.82) is 0 Å². The average molecular weight is 269 g/mol. The Balaban J connectivity index is 2.37. The van der Waals surface area contributed by atoms with Gasteiger partial charge in [-0.2, -0.15) is 0 Å². The van der Waals surface area contributed by atoms with E-state index in [4.69, 9.17) is 0 Å². The number of halogens is 1. The van der Waals surface area contributed by atoms with Crippen LogP contribution in [0.4, 0.5) is 0 Å². The normalized spacial score (nSPS) is 10.4. The summed E-state index contributed by atoms with van der Waals surface area (Å²) in [6.07, 6.45) is 0.988. The largest absolute Gasteiger partial charge is 0.138 e. The van der Waals surface area contributed by atoms with Gasteiger partial charge in [-0.25, -0.2) is 0 Å². The molecule has 0 aliphatic heterocycles. The van der Waals surface area contributed by atoms with Crippen LogP contribution >= 0.6 is 27.5 Å². The van der Waals surface area contributed by atoms with E-state index in [0.29, 0.717) is 0 Å². The van der Waals surface area contributed by atoms with Crippen molar-refractivity contribution in [3.05, 3.63) is 35.2 Å². The maximum Gasteiger partial charge on any atom is 0.109 e. The molecule has 2 nitrogen and oxygen atoms in total. The Morgan fingerprint density at radius 3 is 2.71 bits per heavy atom. The first-order valence-electron chi connectivity index (χ1n) is 4.34. The van der Waals surface area contributed by atoms with E-state index in [9.17, 15) is 0 Å². The molecule has 0 aliphatic rings. The van der Waals surface area contributed by atoms with Crippen molar-refractivity contribution < 1.29 is 0 Å². The third-order valence-electron chi connectivity index (χ3n) is 1.92. The third-order valence-corrected chi connectivity index (χ3v) is 3.10. The number of aromatic nitrogens is 2. The zero-order valence-corrected chi connectivity index (χ0v) is 9.88. The predicted octanol–water partition coefficient (Wildman–Crippen LogP) is 3.14. The van der Waals surface area contributed by atoms with Crippen molar-refractivity contribution in [2.45, 2.75) is 6.42 Å². The smallest absolute Gasteiger partial charge is 0.109 e. The van der Waals surface area contributed by atoms with Gasteiger partial charge in [0.2, 0.25) is 0 Å². The predicted molar refractivity (Wildman–Crippen MR) is 62.8 cm³/mol. The van der Waals surface area contributed by atoms with Crippen LogP contribution in [0.1, 0.15) is 4.88 Å². The first-order valence-corrected chi connectivity index (χ1v) is 6.24. The molecule has 1 heterocycles. The van der Waals surface area contributed by atoms with E-state index < -0.39 is 0 Å². The van der Waals surface area contributed by atoms with Crippen molar-refractivity contribution in [1.82, 2.24) is 9.59 Å². The van der Waals surface area contributed by atoms with Gasteiger partial charge < -0.3 is 0 Å². The highest BCUT2D eigenvalue weighted by atomic mass is 79.9. The average Bonchev–Trinajstić information content (AvgIpc) is 2.68. The molecule has 2 aromatic rings. The Bertz CT molecular complexity index is 400. The van der Waals surface area contributed by atoms with Crippen molar-refractivity contribution in [2.24, 2.45) is 0 Å². The Kier molecular flexibility index (Phi) is 3.26. The Labute approximate surface area is 95.3 Å². The molecule has 0 saturated carbocycles. The minimum atomic E-state index is 0.955. The summed E-state index contributed by atoms with van der Waals surface area (Å²) in [6, 6.07) is 10.2. The van der Waals surface area contributed by atoms with Crippen LogP contribution in [0.25, 0.3) is 11.3 Å². The van der Waals surface area contributed by atoms with E-state index in [1.165, 1.54) is 16.4 Å². The van der Waals surface area contributed by atoms with Crippen molar-refractivity contribution in [3.63, 3.8) is 0 Å². The number of hydrogen-bond donors (Lipinski definition) is 0. The van der Waals surface area contributed by atoms with Crippen LogP contribution < -0.4 is 0 Å². The van der Waals surface area contributed by atoms with Crippen molar-refractivity contribution in [2.75, 3.05) is 5.33 Å². The zero-order valence-electron chi connectivity index (χ0n) is 7.48. The molecule has 4 heteroatoms. The quantitative estimate of drug-likeness (QED) is 0.800. The number of hydrogen-bond acceptors (Lipinski definition) is 3. The van der Waals surface area contributed by atoms with Gasteiger partial charge in [0.15, 0.2) is 0 Å². The summed E-state index contributed by atoms with van der Waals surface area (Å²) in [5, 5.41) is 5.11. The second-order valence-corrected chi connectivity index (χ2v) is 4.48. The van der Waals surface area contributed by atoms with Crippen LogP contribution in [-0.2, 0) is 6.42 Å². The van der Waals surface area contributed by atoms with E-state index in [2.05, 4.69) is 37.6 Å². The number of benzene rings is 1. The van der Waals surface area contributed by atoms with Gasteiger partial charge >= 0.3 is 0 Å². The summed E-state index contributed by atoms with van der Waals surface area (Å²) in [7, 11) is 0. The first-order chi connectivity index (χ1) is 6.92. The summed E-state index contributed by atoms with van der Waals surface area (Å²) < 4.78 is 3.99. The fourth-order valence-electron chi connectivity index (χ4n) is 1.27. The molecule has 72 valence electrons. The molecule has 0 amide bonds. The molecular formula is C10H9BrN2S. The lowest BCUT2D eigenvalue weighted by atomic mass is 10.1. The lowest BCUT2D eigenvalue weighted by Gasteiger charge is -1.98. The molecule has 0 saturated heterocycles. The van der Waals surface area contributed by atoms with E-state index in [1.54, 1.807) is 0 Å². The lowest BCUT2D eigenvalue weighted by molar-refractivity contribution is 1.13. The maximum absolute atomic E-state index is 4.15. The molecule has 0 aliphatic carbocycles. The summed E-state index contributed by atoms with van der Waals surface area (Å²) in [4.78, 5) is 1.24. The third kappa shape index (κ3) is 2.01. The molecule has 2 rings (SSSR count). The second kappa shape index (κ2) is 4.66. The molecule has 14 heavy (non-hydrogen) atoms. The highest BCUT2D eigenvalue weighted by molar-refractivity contribution is 9.09. The highest BCUT2D eigenvalue weighted by Gasteiger charge is 2.08. The van der Waals surface area contributed by atoms with Crippen LogP contribution in [-0.4, -0.2) is 14.9 Å². The Morgan fingerprint density at radius 1 is 1.21 bits per heavy atom. The van der Waals surface area contributed by atoms with E-state index in [-0.39, 0.29) is 0 Å². The molecule has 0 bridgehead atoms. The van der Waals surface area contributed by atoms with E-state index in [1.807, 2.05) is 18.2 Å². The molecule has 0 fully saturated rings. The Morgan fingerprint density at radius 2 is 2.00 bits per heavy atom. The summed E-state index contributed by atoms with van der Waals surface area (Å²) in [6.45, 7) is 0. The fourth-order valence-corrected chi connectivity index (χ4v) is 2.59. The Hall–Kier alpha value is -0.740. The van der Waals surface area contributed by atoms with Gasteiger partial charge in [0.25, 0.3) is 0 Å². The monoisotopic (exact) mass is 268 g/mol. The van der Waals surface area contributed by atoms with Gasteiger partial charge in [0.1, 0.15) is 5.69 Å². The topological polar surface area (TPSA) is 25.8 Å². The molecule has 0 atom stereocenters. The standard InChI is InChI=1S/C10H9BrN2S/c11-7-6-9-10(12-13-14-9)8-4-2-1-3-5-8/h1-5H,6-7H2. The van der Waals surface area contributed by atoms with Gasteiger partial charge in [-0.1, -0.05) is 50.8 Å². The summed E-state index contributed by atoms with van der Waals surface area (Å²) >= 11 is 4.91. The first kappa shape index (κ1) is 9.80. The number of nitrogens with zero attached hydrogens (tertiary/aromatic N) is 2. The van der Waals surface area contributed by atoms with Crippen molar-refractivity contribution >= 4 is 27.5 Å². The molecule has 1 aromatic heterocycles. The van der Waals surface area contributed by atoms with Crippen LogP contribution in [0.3, 0.4) is 0 Å². The number of aryl methyl sites for hydroxylation is 1. The molecule has 0 N–H and O–H groups in total. The van der Waals surface area contributed by atoms with Gasteiger partial charge in [0, 0.05) is 10.9 Å². The summed E-state index contributed by atoms with van der Waals surface area (Å²) in [5.41, 5.74) is 2.17. The van der Waals surface area contributed by atoms with Crippen LogP contribution in [0.5, 0.6) is 0 Å². The highest BCUT2D eigenvalue weighted by Crippen LogP contribution is 2.24. The zero-order chi connectivity index (χ0) is 9.80. The SMILES string of the molecule is BrCCc1snnc1-c1ccccc1. The van der Waals surface area contributed by atoms with E-state index in [0.717, 1.165) is 23.0 Å². The molecule has 1 aromatic carbocycles. The fraction of sp³-hybridized carbons (Fsp3) is 0.200. The van der Waals surface area contributed by atoms with Crippen LogP contribution in [0.2, 0.25) is 0 Å².